The first-order valence-electron chi connectivity index (χ1n) is 7.78. The first kappa shape index (κ1) is 17.6. The number of aliphatic hydroxyl groups is 1. The maximum atomic E-state index is 12.1. The number of rotatable bonds is 5. The van der Waals surface area contributed by atoms with E-state index in [2.05, 4.69) is 20.9 Å². The van der Waals surface area contributed by atoms with Gasteiger partial charge in [0.25, 0.3) is 5.56 Å². The molecule has 0 amide bonds. The summed E-state index contributed by atoms with van der Waals surface area (Å²) in [6.07, 6.45) is 3.25. The van der Waals surface area contributed by atoms with Crippen molar-refractivity contribution in [2.24, 2.45) is 0 Å². The number of ether oxygens (including phenoxy) is 3. The van der Waals surface area contributed by atoms with E-state index in [1.54, 1.807) is 0 Å². The number of nitrogens with zero attached hydrogens (tertiary/aromatic N) is 1. The van der Waals surface area contributed by atoms with Gasteiger partial charge in [-0.25, -0.2) is 4.79 Å². The van der Waals surface area contributed by atoms with Gasteiger partial charge in [0.2, 0.25) is 0 Å². The van der Waals surface area contributed by atoms with Crippen LogP contribution in [0.4, 0.5) is 0 Å². The average Bonchev–Trinajstić information content (AvgIpc) is 3.20. The van der Waals surface area contributed by atoms with Crippen molar-refractivity contribution in [3.05, 3.63) is 37.6 Å². The molecule has 0 bridgehead atoms. The summed E-state index contributed by atoms with van der Waals surface area (Å²) in [5.41, 5.74) is -0.721. The van der Waals surface area contributed by atoms with E-state index >= 15 is 0 Å². The Kier molecular flexibility index (Phi) is 5.67. The van der Waals surface area contributed by atoms with Crippen molar-refractivity contribution in [1.29, 1.82) is 0 Å². The Balaban J connectivity index is 1.81. The zero-order chi connectivity index (χ0) is 17.1. The molecule has 1 aromatic rings. The lowest BCUT2D eigenvalue weighted by molar-refractivity contribution is -0.162. The van der Waals surface area contributed by atoms with E-state index in [-0.39, 0.29) is 19.0 Å². The Morgan fingerprint density at radius 2 is 2.33 bits per heavy atom. The van der Waals surface area contributed by atoms with Crippen LogP contribution >= 0.6 is 15.9 Å². The number of aromatic nitrogens is 2. The van der Waals surface area contributed by atoms with Crippen LogP contribution in [0.3, 0.4) is 0 Å². The van der Waals surface area contributed by atoms with Crippen molar-refractivity contribution < 1.29 is 19.3 Å². The van der Waals surface area contributed by atoms with E-state index in [0.717, 1.165) is 12.8 Å². The smallest absolute Gasteiger partial charge is 0.330 e. The molecule has 2 aliphatic rings. The number of nitrogens with one attached hydrogen (secondary N) is 1. The van der Waals surface area contributed by atoms with Crippen LogP contribution < -0.4 is 11.2 Å². The third kappa shape index (κ3) is 3.70. The number of aliphatic hydroxyl groups excluding tert-OH is 1. The van der Waals surface area contributed by atoms with Crippen LogP contribution in [-0.2, 0) is 14.2 Å². The molecule has 2 aliphatic heterocycles. The van der Waals surface area contributed by atoms with Crippen LogP contribution in [-0.4, -0.2) is 46.4 Å². The highest BCUT2D eigenvalue weighted by Gasteiger charge is 2.39. The minimum absolute atomic E-state index is 0.222. The summed E-state index contributed by atoms with van der Waals surface area (Å²) < 4.78 is 18.4. The van der Waals surface area contributed by atoms with Crippen LogP contribution in [0.5, 0.6) is 0 Å². The monoisotopic (exact) mass is 402 g/mol. The lowest BCUT2D eigenvalue weighted by atomic mass is 10.2. The van der Waals surface area contributed by atoms with Gasteiger partial charge in [-0.2, -0.15) is 0 Å². The molecule has 24 heavy (non-hydrogen) atoms. The molecule has 132 valence electrons. The Bertz CT molecular complexity index is 709. The van der Waals surface area contributed by atoms with Gasteiger partial charge < -0.3 is 19.3 Å². The molecule has 0 saturated carbocycles. The van der Waals surface area contributed by atoms with E-state index in [1.165, 1.54) is 21.8 Å². The van der Waals surface area contributed by atoms with Crippen molar-refractivity contribution in [2.45, 2.75) is 44.0 Å². The summed E-state index contributed by atoms with van der Waals surface area (Å²) in [7, 11) is 0. The average molecular weight is 403 g/mol. The fourth-order valence-electron chi connectivity index (χ4n) is 2.93. The highest BCUT2D eigenvalue weighted by atomic mass is 79.9. The maximum absolute atomic E-state index is 12.1. The van der Waals surface area contributed by atoms with Crippen molar-refractivity contribution in [2.75, 3.05) is 13.2 Å². The topological polar surface area (TPSA) is 103 Å². The largest absolute Gasteiger partial charge is 0.394 e. The van der Waals surface area contributed by atoms with Crippen LogP contribution in [0.1, 0.15) is 31.1 Å². The molecule has 8 nitrogen and oxygen atoms in total. The molecule has 2 N–H and O–H groups in total. The van der Waals surface area contributed by atoms with Gasteiger partial charge in [0.15, 0.2) is 6.29 Å². The number of hydrogen-bond donors (Lipinski definition) is 2. The second-order valence-corrected chi connectivity index (χ2v) is 6.24. The first-order chi connectivity index (χ1) is 11.6. The number of hydrogen-bond acceptors (Lipinski definition) is 6. The third-order valence-electron chi connectivity index (χ3n) is 4.12. The van der Waals surface area contributed by atoms with Crippen molar-refractivity contribution >= 4 is 22.0 Å². The standard InChI is InChI=1S/C15H19BrN2O6/c16-4-3-9-7-18(15(21)17-14(9)20)12-6-10(11(8-19)23-12)24-13-2-1-5-22-13/h3-4,7,10-13,19H,1-2,5-6,8H2,(H,17,20,21)/b4-3+/t10-,11+,12+,13?/m0/s1. The molecule has 0 aliphatic carbocycles. The number of halogens is 1. The highest BCUT2D eigenvalue weighted by molar-refractivity contribution is 9.11. The summed E-state index contributed by atoms with van der Waals surface area (Å²) in [5.74, 6) is 0. The fourth-order valence-corrected chi connectivity index (χ4v) is 3.21. The quantitative estimate of drug-likeness (QED) is 0.751. The van der Waals surface area contributed by atoms with Crippen LogP contribution in [0.2, 0.25) is 0 Å². The predicted molar refractivity (Wildman–Crippen MR) is 88.7 cm³/mol. The van der Waals surface area contributed by atoms with Crippen molar-refractivity contribution in [3.63, 3.8) is 0 Å². The van der Waals surface area contributed by atoms with Gasteiger partial charge in [0.05, 0.1) is 18.3 Å². The maximum Gasteiger partial charge on any atom is 0.330 e. The van der Waals surface area contributed by atoms with Crippen LogP contribution in [0.15, 0.2) is 20.8 Å². The van der Waals surface area contributed by atoms with Crippen LogP contribution in [0, 0.1) is 0 Å². The molecule has 2 fully saturated rings. The fraction of sp³-hybridized carbons (Fsp3) is 0.600. The number of aromatic amines is 1. The summed E-state index contributed by atoms with van der Waals surface area (Å²) in [4.78, 5) is 27.6. The molecule has 0 radical (unpaired) electrons. The van der Waals surface area contributed by atoms with Gasteiger partial charge in [0, 0.05) is 25.6 Å². The van der Waals surface area contributed by atoms with Crippen molar-refractivity contribution in [1.82, 2.24) is 9.55 Å². The second kappa shape index (κ2) is 7.75. The van der Waals surface area contributed by atoms with Gasteiger partial charge in [-0.1, -0.05) is 15.9 Å². The highest BCUT2D eigenvalue weighted by Crippen LogP contribution is 2.32. The van der Waals surface area contributed by atoms with E-state index in [4.69, 9.17) is 14.2 Å². The SMILES string of the molecule is O=c1[nH]c(=O)n([C@H]2C[C@H](OC3CCCO3)[C@@H](CO)O2)cc1/C=C/Br. The Labute approximate surface area is 146 Å². The van der Waals surface area contributed by atoms with Crippen molar-refractivity contribution in [3.8, 4) is 0 Å². The predicted octanol–water partition coefficient (Wildman–Crippen LogP) is 0.704. The van der Waals surface area contributed by atoms with Gasteiger partial charge in [-0.05, 0) is 17.5 Å². The Morgan fingerprint density at radius 1 is 1.50 bits per heavy atom. The molecule has 1 aromatic heterocycles. The van der Waals surface area contributed by atoms with Gasteiger partial charge >= 0.3 is 5.69 Å². The molecule has 2 saturated heterocycles. The summed E-state index contributed by atoms with van der Waals surface area (Å²) >= 11 is 3.11. The first-order valence-corrected chi connectivity index (χ1v) is 8.69. The molecule has 3 rings (SSSR count). The molecule has 1 unspecified atom stereocenters. The van der Waals surface area contributed by atoms with Crippen LogP contribution in [0.25, 0.3) is 6.08 Å². The molecule has 0 spiro atoms. The molecule has 9 heteroatoms. The van der Waals surface area contributed by atoms with E-state index in [0.29, 0.717) is 18.6 Å². The van der Waals surface area contributed by atoms with E-state index < -0.39 is 23.6 Å². The third-order valence-corrected chi connectivity index (χ3v) is 4.39. The van der Waals surface area contributed by atoms with E-state index in [1.807, 2.05) is 0 Å². The Hall–Kier alpha value is -1.26. The summed E-state index contributed by atoms with van der Waals surface area (Å²) in [6, 6.07) is 0. The second-order valence-electron chi connectivity index (χ2n) is 5.71. The normalized spacial score (nSPS) is 30.4. The van der Waals surface area contributed by atoms with Gasteiger partial charge in [-0.15, -0.1) is 0 Å². The van der Waals surface area contributed by atoms with Gasteiger partial charge in [0.1, 0.15) is 12.3 Å². The zero-order valence-corrected chi connectivity index (χ0v) is 14.5. The molecular weight excluding hydrogens is 384 g/mol. The van der Waals surface area contributed by atoms with E-state index in [9.17, 15) is 14.7 Å². The molecule has 0 aromatic carbocycles. The summed E-state index contributed by atoms with van der Waals surface area (Å²) in [6.45, 7) is 0.438. The minimum Gasteiger partial charge on any atom is -0.394 e. The zero-order valence-electron chi connectivity index (χ0n) is 12.9. The lowest BCUT2D eigenvalue weighted by Gasteiger charge is -2.20. The minimum atomic E-state index is -0.625. The van der Waals surface area contributed by atoms with Gasteiger partial charge in [-0.3, -0.25) is 14.3 Å². The molecule has 3 heterocycles. The molecular formula is C15H19BrN2O6. The lowest BCUT2D eigenvalue weighted by Crippen LogP contribution is -2.33. The molecule has 4 atom stereocenters. The Morgan fingerprint density at radius 3 is 3.00 bits per heavy atom. The number of H-pyrrole nitrogens is 1. The summed E-state index contributed by atoms with van der Waals surface area (Å²) in [5, 5.41) is 9.52.